The number of hydrogen-bond donors (Lipinski definition) is 0. The molecule has 0 radical (unpaired) electrons. The second-order valence-electron chi connectivity index (χ2n) is 1.85. The summed E-state index contributed by atoms with van der Waals surface area (Å²) in [5.41, 5.74) is -0.377. The van der Waals surface area contributed by atoms with Gasteiger partial charge in [-0.25, -0.2) is 4.68 Å². The van der Waals surface area contributed by atoms with E-state index < -0.39 is 5.95 Å². The van der Waals surface area contributed by atoms with E-state index in [4.69, 9.17) is 0 Å². The fraction of sp³-hybridized carbons (Fsp3) is 0.200. The van der Waals surface area contributed by atoms with Crippen LogP contribution >= 0.6 is 31.9 Å². The van der Waals surface area contributed by atoms with E-state index in [1.807, 2.05) is 0 Å². The molecular formula is C5H3Br2FN2O. The van der Waals surface area contributed by atoms with E-state index >= 15 is 0 Å². The molecule has 0 saturated carbocycles. The van der Waals surface area contributed by atoms with E-state index in [2.05, 4.69) is 37.0 Å². The lowest BCUT2D eigenvalue weighted by atomic mass is 10.6. The molecule has 1 aromatic heterocycles. The van der Waals surface area contributed by atoms with Crippen molar-refractivity contribution in [3.8, 4) is 0 Å². The molecule has 11 heavy (non-hydrogen) atoms. The van der Waals surface area contributed by atoms with Crippen molar-refractivity contribution in [2.45, 2.75) is 0 Å². The summed E-state index contributed by atoms with van der Waals surface area (Å²) in [6, 6.07) is 0. The fourth-order valence-corrected chi connectivity index (χ4v) is 1.22. The van der Waals surface area contributed by atoms with Crippen LogP contribution in [-0.4, -0.2) is 9.78 Å². The highest BCUT2D eigenvalue weighted by molar-refractivity contribution is 9.13. The molecule has 1 rings (SSSR count). The topological polar surface area (TPSA) is 34.9 Å². The Hall–Kier alpha value is -0.230. The summed E-state index contributed by atoms with van der Waals surface area (Å²) in [5.74, 6) is -0.709. The van der Waals surface area contributed by atoms with Gasteiger partial charge in [0.25, 0.3) is 5.56 Å². The van der Waals surface area contributed by atoms with Crippen LogP contribution in [-0.2, 0) is 7.05 Å². The van der Waals surface area contributed by atoms with E-state index in [0.29, 0.717) is 0 Å². The Balaban J connectivity index is 3.59. The van der Waals surface area contributed by atoms with Gasteiger partial charge in [0.15, 0.2) is 0 Å². The molecule has 0 aliphatic rings. The van der Waals surface area contributed by atoms with E-state index in [0.717, 1.165) is 4.68 Å². The van der Waals surface area contributed by atoms with E-state index in [1.165, 1.54) is 7.05 Å². The monoisotopic (exact) mass is 284 g/mol. The lowest BCUT2D eigenvalue weighted by Gasteiger charge is -1.99. The number of nitrogens with zero attached hydrogens (tertiary/aromatic N) is 2. The summed E-state index contributed by atoms with van der Waals surface area (Å²) < 4.78 is 13.8. The van der Waals surface area contributed by atoms with Gasteiger partial charge in [-0.1, -0.05) is 0 Å². The highest BCUT2D eigenvalue weighted by Crippen LogP contribution is 2.19. The van der Waals surface area contributed by atoms with Gasteiger partial charge in [-0.2, -0.15) is 4.39 Å². The summed E-state index contributed by atoms with van der Waals surface area (Å²) >= 11 is 5.79. The summed E-state index contributed by atoms with van der Waals surface area (Å²) in [4.78, 5) is 11.0. The first-order chi connectivity index (χ1) is 5.04. The molecule has 6 heteroatoms. The zero-order valence-electron chi connectivity index (χ0n) is 5.44. The summed E-state index contributed by atoms with van der Waals surface area (Å²) in [6.45, 7) is 0. The SMILES string of the molecule is Cn1nc(F)c(Br)c(Br)c1=O. The number of rotatable bonds is 0. The predicted octanol–water partition coefficient (Wildman–Crippen LogP) is 1.44. The van der Waals surface area contributed by atoms with Gasteiger partial charge in [0.05, 0.1) is 4.47 Å². The Bertz CT molecular complexity index is 349. The third-order valence-electron chi connectivity index (χ3n) is 1.09. The molecule has 0 aromatic carbocycles. The van der Waals surface area contributed by atoms with Crippen LogP contribution in [0.15, 0.2) is 13.7 Å². The van der Waals surface area contributed by atoms with E-state index in [-0.39, 0.29) is 14.5 Å². The lowest BCUT2D eigenvalue weighted by molar-refractivity contribution is 0.509. The Labute approximate surface area is 78.5 Å². The first-order valence-corrected chi connectivity index (χ1v) is 4.20. The molecule has 0 bridgehead atoms. The zero-order chi connectivity index (χ0) is 8.59. The van der Waals surface area contributed by atoms with Gasteiger partial charge in [0.2, 0.25) is 5.95 Å². The van der Waals surface area contributed by atoms with E-state index in [9.17, 15) is 9.18 Å². The Morgan fingerprint density at radius 3 is 2.55 bits per heavy atom. The average molecular weight is 286 g/mol. The second-order valence-corrected chi connectivity index (χ2v) is 3.43. The van der Waals surface area contributed by atoms with Crippen molar-refractivity contribution < 1.29 is 4.39 Å². The van der Waals surface area contributed by atoms with Crippen LogP contribution in [0.2, 0.25) is 0 Å². The third-order valence-corrected chi connectivity index (χ3v) is 3.08. The van der Waals surface area contributed by atoms with Gasteiger partial charge in [-0.05, 0) is 31.9 Å². The van der Waals surface area contributed by atoms with Crippen molar-refractivity contribution in [2.75, 3.05) is 0 Å². The molecule has 3 nitrogen and oxygen atoms in total. The molecule has 0 fully saturated rings. The molecular weight excluding hydrogens is 283 g/mol. The van der Waals surface area contributed by atoms with Gasteiger partial charge < -0.3 is 0 Å². The molecule has 1 aromatic rings. The maximum absolute atomic E-state index is 12.7. The van der Waals surface area contributed by atoms with Crippen molar-refractivity contribution >= 4 is 31.9 Å². The number of hydrogen-bond acceptors (Lipinski definition) is 2. The number of aryl methyl sites for hydroxylation is 1. The maximum Gasteiger partial charge on any atom is 0.282 e. The maximum atomic E-state index is 12.7. The fourth-order valence-electron chi connectivity index (χ4n) is 0.548. The summed E-state index contributed by atoms with van der Waals surface area (Å²) in [7, 11) is 1.38. The van der Waals surface area contributed by atoms with Gasteiger partial charge in [-0.3, -0.25) is 4.79 Å². The van der Waals surface area contributed by atoms with Gasteiger partial charge >= 0.3 is 0 Å². The first-order valence-electron chi connectivity index (χ1n) is 2.62. The number of aromatic nitrogens is 2. The molecule has 0 unspecified atom stereocenters. The summed E-state index contributed by atoms with van der Waals surface area (Å²) in [5, 5.41) is 3.29. The quantitative estimate of drug-likeness (QED) is 0.723. The lowest BCUT2D eigenvalue weighted by Crippen LogP contribution is -2.21. The normalized spacial score (nSPS) is 10.2. The van der Waals surface area contributed by atoms with Crippen LogP contribution in [0.5, 0.6) is 0 Å². The van der Waals surface area contributed by atoms with Crippen molar-refractivity contribution in [3.05, 3.63) is 25.2 Å². The van der Waals surface area contributed by atoms with Crippen molar-refractivity contribution in [1.82, 2.24) is 9.78 Å². The minimum Gasteiger partial charge on any atom is -0.266 e. The zero-order valence-corrected chi connectivity index (χ0v) is 8.61. The molecule has 0 N–H and O–H groups in total. The molecule has 0 aliphatic heterocycles. The van der Waals surface area contributed by atoms with Gasteiger partial charge in [0.1, 0.15) is 4.47 Å². The minimum atomic E-state index is -0.709. The van der Waals surface area contributed by atoms with Crippen LogP contribution in [0.3, 0.4) is 0 Å². The molecule has 0 spiro atoms. The van der Waals surface area contributed by atoms with Gasteiger partial charge in [-0.15, -0.1) is 5.10 Å². The molecule has 1 heterocycles. The largest absolute Gasteiger partial charge is 0.282 e. The van der Waals surface area contributed by atoms with Crippen molar-refractivity contribution in [2.24, 2.45) is 7.05 Å². The molecule has 0 aliphatic carbocycles. The Morgan fingerprint density at radius 1 is 1.45 bits per heavy atom. The smallest absolute Gasteiger partial charge is 0.266 e. The number of halogens is 3. The molecule has 0 amide bonds. The molecule has 0 saturated heterocycles. The van der Waals surface area contributed by atoms with Crippen molar-refractivity contribution in [1.29, 1.82) is 0 Å². The van der Waals surface area contributed by atoms with Crippen LogP contribution in [0, 0.1) is 5.95 Å². The first kappa shape index (κ1) is 8.86. The predicted molar refractivity (Wildman–Crippen MR) is 44.8 cm³/mol. The molecule has 60 valence electrons. The second kappa shape index (κ2) is 3.02. The third kappa shape index (κ3) is 1.51. The Kier molecular flexibility index (Phi) is 2.43. The molecule has 0 atom stereocenters. The van der Waals surface area contributed by atoms with E-state index in [1.54, 1.807) is 0 Å². The standard InChI is InChI=1S/C5H3Br2FN2O/c1-10-5(11)3(7)2(6)4(8)9-10/h1H3. The summed E-state index contributed by atoms with van der Waals surface area (Å²) in [6.07, 6.45) is 0. The van der Waals surface area contributed by atoms with Crippen LogP contribution < -0.4 is 5.56 Å². The van der Waals surface area contributed by atoms with Crippen molar-refractivity contribution in [3.63, 3.8) is 0 Å². The van der Waals surface area contributed by atoms with Gasteiger partial charge in [0, 0.05) is 7.05 Å². The minimum absolute atomic E-state index is 0.0561. The average Bonchev–Trinajstić information content (AvgIpc) is 1.97. The van der Waals surface area contributed by atoms with Crippen LogP contribution in [0.1, 0.15) is 0 Å². The van der Waals surface area contributed by atoms with Crippen LogP contribution in [0.25, 0.3) is 0 Å². The van der Waals surface area contributed by atoms with Crippen LogP contribution in [0.4, 0.5) is 4.39 Å². The highest BCUT2D eigenvalue weighted by Gasteiger charge is 2.10. The Morgan fingerprint density at radius 2 is 2.00 bits per heavy atom. The highest BCUT2D eigenvalue weighted by atomic mass is 79.9.